The number of rotatable bonds is 4. The fourth-order valence-corrected chi connectivity index (χ4v) is 10.3. The van der Waals surface area contributed by atoms with Crippen molar-refractivity contribution in [2.75, 3.05) is 0 Å². The van der Waals surface area contributed by atoms with Gasteiger partial charge < -0.3 is 4.42 Å². The molecule has 62 heavy (non-hydrogen) atoms. The Balaban J connectivity index is 1.08. The largest absolute Gasteiger partial charge is 0.456 e. The molecule has 14 rings (SSSR count). The third kappa shape index (κ3) is 4.72. The number of hydrogen-bond donors (Lipinski definition) is 0. The number of para-hydroxylation sites is 1. The van der Waals surface area contributed by atoms with Gasteiger partial charge in [0.05, 0.1) is 22.2 Å². The second-order valence-electron chi connectivity index (χ2n) is 16.5. The molecule has 4 heteroatoms. The Labute approximate surface area is 355 Å². The van der Waals surface area contributed by atoms with E-state index in [0.717, 1.165) is 82.4 Å². The van der Waals surface area contributed by atoms with Crippen molar-refractivity contribution in [3.63, 3.8) is 0 Å². The summed E-state index contributed by atoms with van der Waals surface area (Å²) in [5.41, 5.74) is 16.5. The average molecular weight is 788 g/mol. The van der Waals surface area contributed by atoms with Crippen molar-refractivity contribution in [3.8, 4) is 61.7 Å². The van der Waals surface area contributed by atoms with E-state index in [1.807, 2.05) is 12.1 Å². The smallest absolute Gasteiger partial charge is 0.235 e. The van der Waals surface area contributed by atoms with Crippen molar-refractivity contribution in [1.29, 1.82) is 0 Å². The molecule has 0 fully saturated rings. The van der Waals surface area contributed by atoms with Crippen LogP contribution in [-0.4, -0.2) is 14.5 Å². The predicted octanol–water partition coefficient (Wildman–Crippen LogP) is 15.6. The standard InChI is InChI=1S/C58H33N3O/c1-2-11-34(12-3-1)35-21-23-37(24-22-35)56-46-28-25-36-13-4-5-14-40(36)57(46)60-58(59-56)61-50-29-26-38(39-27-30-53-47(31-39)43-17-8-9-20-52(43)62-53)32-49(50)55-45-19-10-18-44-41-15-6-7-16-42(41)48(54(44)45)33-51(55)61/h1-33H. The highest BCUT2D eigenvalue weighted by molar-refractivity contribution is 6.29. The Bertz CT molecular complexity index is 4030. The first-order chi connectivity index (χ1) is 30.7. The zero-order valence-electron chi connectivity index (χ0n) is 33.3. The first-order valence-electron chi connectivity index (χ1n) is 21.1. The van der Waals surface area contributed by atoms with Crippen LogP contribution in [0.4, 0.5) is 0 Å². The van der Waals surface area contributed by atoms with Crippen LogP contribution in [0.25, 0.3) is 138 Å². The van der Waals surface area contributed by atoms with Gasteiger partial charge in [0.1, 0.15) is 11.2 Å². The molecule has 0 unspecified atom stereocenters. The Morgan fingerprint density at radius 1 is 0.339 bits per heavy atom. The minimum Gasteiger partial charge on any atom is -0.456 e. The molecule has 0 spiro atoms. The second kappa shape index (κ2) is 12.6. The third-order valence-electron chi connectivity index (χ3n) is 13.2. The second-order valence-corrected chi connectivity index (χ2v) is 16.5. The molecule has 0 radical (unpaired) electrons. The van der Waals surface area contributed by atoms with Crippen molar-refractivity contribution in [1.82, 2.24) is 14.5 Å². The Kier molecular flexibility index (Phi) is 6.80. The fourth-order valence-electron chi connectivity index (χ4n) is 10.3. The van der Waals surface area contributed by atoms with Crippen LogP contribution in [0.5, 0.6) is 0 Å². The van der Waals surface area contributed by atoms with Gasteiger partial charge in [0.25, 0.3) is 0 Å². The van der Waals surface area contributed by atoms with Gasteiger partial charge in [-0.2, -0.15) is 0 Å². The van der Waals surface area contributed by atoms with Crippen molar-refractivity contribution in [3.05, 3.63) is 200 Å². The number of nitrogens with zero attached hydrogens (tertiary/aromatic N) is 3. The molecule has 1 aliphatic carbocycles. The van der Waals surface area contributed by atoms with E-state index in [-0.39, 0.29) is 0 Å². The van der Waals surface area contributed by atoms with Gasteiger partial charge in [-0.3, -0.25) is 4.57 Å². The fraction of sp³-hybridized carbons (Fsp3) is 0. The van der Waals surface area contributed by atoms with Crippen LogP contribution in [0.15, 0.2) is 205 Å². The number of furan rings is 1. The highest BCUT2D eigenvalue weighted by Gasteiger charge is 2.27. The van der Waals surface area contributed by atoms with Gasteiger partial charge in [0.15, 0.2) is 0 Å². The van der Waals surface area contributed by atoms with Crippen LogP contribution >= 0.6 is 0 Å². The molecule has 1 aliphatic rings. The maximum absolute atomic E-state index is 6.23. The average Bonchev–Trinajstić information content (AvgIpc) is 3.99. The van der Waals surface area contributed by atoms with E-state index >= 15 is 0 Å². The molecule has 13 aromatic rings. The van der Waals surface area contributed by atoms with Gasteiger partial charge in [-0.25, -0.2) is 9.97 Å². The lowest BCUT2D eigenvalue weighted by Gasteiger charge is -2.14. The molecule has 286 valence electrons. The third-order valence-corrected chi connectivity index (χ3v) is 13.2. The molecule has 0 N–H and O–H groups in total. The first kappa shape index (κ1) is 33.5. The highest BCUT2D eigenvalue weighted by Crippen LogP contribution is 2.51. The molecule has 4 nitrogen and oxygen atoms in total. The lowest BCUT2D eigenvalue weighted by molar-refractivity contribution is 0.669. The topological polar surface area (TPSA) is 43.9 Å². The number of hydrogen-bond acceptors (Lipinski definition) is 3. The van der Waals surface area contributed by atoms with Gasteiger partial charge in [-0.05, 0) is 103 Å². The summed E-state index contributed by atoms with van der Waals surface area (Å²) in [7, 11) is 0. The van der Waals surface area contributed by atoms with Crippen molar-refractivity contribution in [2.24, 2.45) is 0 Å². The highest BCUT2D eigenvalue weighted by atomic mass is 16.3. The van der Waals surface area contributed by atoms with Gasteiger partial charge in [-0.15, -0.1) is 0 Å². The maximum atomic E-state index is 6.23. The van der Waals surface area contributed by atoms with Crippen molar-refractivity contribution in [2.45, 2.75) is 0 Å². The molecular weight excluding hydrogens is 755 g/mol. The molecular formula is C58H33N3O. The monoisotopic (exact) mass is 787 g/mol. The quantitative estimate of drug-likeness (QED) is 0.167. The lowest BCUT2D eigenvalue weighted by atomic mass is 9.96. The zero-order valence-corrected chi connectivity index (χ0v) is 33.3. The summed E-state index contributed by atoms with van der Waals surface area (Å²) in [6.45, 7) is 0. The molecule has 0 saturated heterocycles. The first-order valence-corrected chi connectivity index (χ1v) is 21.1. The summed E-state index contributed by atoms with van der Waals surface area (Å²) in [6, 6.07) is 72.0. The van der Waals surface area contributed by atoms with Gasteiger partial charge in [-0.1, -0.05) is 158 Å². The van der Waals surface area contributed by atoms with Crippen LogP contribution in [0.2, 0.25) is 0 Å². The van der Waals surface area contributed by atoms with Crippen LogP contribution < -0.4 is 0 Å². The molecule has 0 atom stereocenters. The summed E-state index contributed by atoms with van der Waals surface area (Å²) in [6.07, 6.45) is 0. The molecule has 3 aromatic heterocycles. The van der Waals surface area contributed by atoms with E-state index in [9.17, 15) is 0 Å². The van der Waals surface area contributed by atoms with Gasteiger partial charge in [0, 0.05) is 37.9 Å². The maximum Gasteiger partial charge on any atom is 0.235 e. The van der Waals surface area contributed by atoms with E-state index < -0.39 is 0 Å². The Hall–Kier alpha value is -8.34. The van der Waals surface area contributed by atoms with Crippen molar-refractivity contribution < 1.29 is 4.42 Å². The molecule has 10 aromatic carbocycles. The number of benzene rings is 10. The van der Waals surface area contributed by atoms with E-state index in [1.165, 1.54) is 49.5 Å². The van der Waals surface area contributed by atoms with Gasteiger partial charge >= 0.3 is 0 Å². The summed E-state index contributed by atoms with van der Waals surface area (Å²) < 4.78 is 8.55. The van der Waals surface area contributed by atoms with Crippen LogP contribution in [0.1, 0.15) is 0 Å². The van der Waals surface area contributed by atoms with E-state index in [0.29, 0.717) is 5.95 Å². The number of aromatic nitrogens is 3. The van der Waals surface area contributed by atoms with E-state index in [1.54, 1.807) is 0 Å². The molecule has 0 saturated carbocycles. The van der Waals surface area contributed by atoms with Gasteiger partial charge in [0.2, 0.25) is 5.95 Å². The summed E-state index contributed by atoms with van der Waals surface area (Å²) >= 11 is 0. The van der Waals surface area contributed by atoms with E-state index in [2.05, 4.69) is 193 Å². The summed E-state index contributed by atoms with van der Waals surface area (Å²) in [5, 5.41) is 10.4. The summed E-state index contributed by atoms with van der Waals surface area (Å²) in [4.78, 5) is 11.2. The minimum absolute atomic E-state index is 0.643. The van der Waals surface area contributed by atoms with Crippen LogP contribution in [0, 0.1) is 0 Å². The summed E-state index contributed by atoms with van der Waals surface area (Å²) in [5.74, 6) is 0.643. The Morgan fingerprint density at radius 2 is 0.984 bits per heavy atom. The van der Waals surface area contributed by atoms with E-state index in [4.69, 9.17) is 14.4 Å². The molecule has 0 amide bonds. The van der Waals surface area contributed by atoms with Crippen LogP contribution in [-0.2, 0) is 0 Å². The molecule has 3 heterocycles. The lowest BCUT2D eigenvalue weighted by Crippen LogP contribution is -2.04. The van der Waals surface area contributed by atoms with Crippen LogP contribution in [0.3, 0.4) is 0 Å². The normalized spacial score (nSPS) is 12.2. The number of fused-ring (bicyclic) bond motifs is 13. The van der Waals surface area contributed by atoms with Crippen molar-refractivity contribution >= 4 is 76.2 Å². The molecule has 0 aliphatic heterocycles. The zero-order chi connectivity index (χ0) is 40.5. The predicted molar refractivity (Wildman–Crippen MR) is 257 cm³/mol. The Morgan fingerprint density at radius 3 is 1.85 bits per heavy atom. The minimum atomic E-state index is 0.643. The molecule has 0 bridgehead atoms. The SMILES string of the molecule is c1ccc(-c2ccc(-c3nc(-n4c5ccc(-c6ccc7oc8ccccc8c7c6)cc5c5c6cccc7c6c(cc54)-c4ccccc4-7)nc4c3ccc3ccccc34)cc2)cc1.